The van der Waals surface area contributed by atoms with Crippen LogP contribution in [-0.2, 0) is 6.42 Å². The lowest BCUT2D eigenvalue weighted by molar-refractivity contribution is 0.174. The first-order valence-corrected chi connectivity index (χ1v) is 8.79. The summed E-state index contributed by atoms with van der Waals surface area (Å²) in [5.41, 5.74) is 4.01. The molecule has 1 aliphatic heterocycles. The molecule has 7 heteroatoms. The molecule has 0 N–H and O–H groups in total. The minimum atomic E-state index is 0.293. The molecule has 0 saturated carbocycles. The molecule has 0 radical (unpaired) electrons. The quantitative estimate of drug-likeness (QED) is 0.566. The summed E-state index contributed by atoms with van der Waals surface area (Å²) in [5, 5.41) is 3.12. The Labute approximate surface area is 147 Å². The molecule has 0 unspecified atom stereocenters. The number of benzene rings is 1. The largest absolute Gasteiger partial charge is 0.454 e. The van der Waals surface area contributed by atoms with Gasteiger partial charge in [0, 0.05) is 24.2 Å². The summed E-state index contributed by atoms with van der Waals surface area (Å²) in [7, 11) is 0. The highest BCUT2D eigenvalue weighted by Gasteiger charge is 2.16. The minimum absolute atomic E-state index is 0.293. The normalized spacial score (nSPS) is 12.8. The van der Waals surface area contributed by atoms with E-state index in [1.54, 1.807) is 17.5 Å². The molecule has 1 aromatic carbocycles. The Morgan fingerprint density at radius 3 is 3.08 bits per heavy atom. The van der Waals surface area contributed by atoms with Gasteiger partial charge in [-0.2, -0.15) is 0 Å². The van der Waals surface area contributed by atoms with Gasteiger partial charge in [-0.25, -0.2) is 15.0 Å². The van der Waals surface area contributed by atoms with Crippen molar-refractivity contribution < 1.29 is 9.47 Å². The van der Waals surface area contributed by atoms with Crippen LogP contribution in [-0.4, -0.2) is 26.1 Å². The van der Waals surface area contributed by atoms with Gasteiger partial charge < -0.3 is 9.47 Å². The van der Waals surface area contributed by atoms with Crippen molar-refractivity contribution in [2.45, 2.75) is 13.3 Å². The van der Waals surface area contributed by atoms with Crippen LogP contribution in [0.3, 0.4) is 0 Å². The summed E-state index contributed by atoms with van der Waals surface area (Å²) >= 11 is 1.65. The Bertz CT molecular complexity index is 1090. The second kappa shape index (κ2) is 5.56. The van der Waals surface area contributed by atoms with Crippen molar-refractivity contribution in [2.75, 3.05) is 6.79 Å². The van der Waals surface area contributed by atoms with Gasteiger partial charge in [0.05, 0.1) is 16.4 Å². The lowest BCUT2D eigenvalue weighted by atomic mass is 10.1. The van der Waals surface area contributed by atoms with Crippen molar-refractivity contribution in [2.24, 2.45) is 0 Å². The number of aromatic nitrogens is 4. The maximum atomic E-state index is 5.45. The third-order valence-electron chi connectivity index (χ3n) is 4.16. The summed E-state index contributed by atoms with van der Waals surface area (Å²) < 4.78 is 12.8. The maximum absolute atomic E-state index is 5.45. The Hall–Kier alpha value is -2.93. The van der Waals surface area contributed by atoms with Crippen molar-refractivity contribution in [3.63, 3.8) is 0 Å². The molecule has 25 heavy (non-hydrogen) atoms. The first-order valence-electron chi connectivity index (χ1n) is 7.91. The third kappa shape index (κ3) is 2.44. The number of nitrogens with zero attached hydrogens (tertiary/aromatic N) is 4. The average Bonchev–Trinajstić information content (AvgIpc) is 3.32. The predicted molar refractivity (Wildman–Crippen MR) is 94.2 cm³/mol. The van der Waals surface area contributed by atoms with Gasteiger partial charge in [0.1, 0.15) is 5.69 Å². The van der Waals surface area contributed by atoms with E-state index in [-0.39, 0.29) is 0 Å². The molecule has 0 saturated heterocycles. The Balaban J connectivity index is 1.48. The van der Waals surface area contributed by atoms with Crippen LogP contribution in [0, 0.1) is 6.92 Å². The van der Waals surface area contributed by atoms with Crippen LogP contribution in [0.1, 0.15) is 16.3 Å². The number of rotatable bonds is 3. The van der Waals surface area contributed by atoms with Gasteiger partial charge >= 0.3 is 0 Å². The molecule has 0 atom stereocenters. The molecular formula is C18H14N4O2S. The van der Waals surface area contributed by atoms with E-state index >= 15 is 0 Å². The fourth-order valence-electron chi connectivity index (χ4n) is 3.03. The van der Waals surface area contributed by atoms with Crippen molar-refractivity contribution in [3.8, 4) is 22.9 Å². The van der Waals surface area contributed by atoms with Crippen molar-refractivity contribution >= 4 is 17.1 Å². The third-order valence-corrected chi connectivity index (χ3v) is 5.01. The molecule has 0 spiro atoms. The number of thiazole rings is 1. The lowest BCUT2D eigenvalue weighted by Crippen LogP contribution is -1.93. The molecular weight excluding hydrogens is 336 g/mol. The van der Waals surface area contributed by atoms with Gasteiger partial charge in [0.25, 0.3) is 0 Å². The molecule has 0 amide bonds. The van der Waals surface area contributed by atoms with E-state index in [4.69, 9.17) is 14.5 Å². The topological polar surface area (TPSA) is 61.5 Å². The summed E-state index contributed by atoms with van der Waals surface area (Å²) in [6.45, 7) is 2.28. The first kappa shape index (κ1) is 14.4. The average molecular weight is 350 g/mol. The standard InChI is InChI=1S/C18H14N4O2S/c1-11-17(22-6-2-5-19-18(22)20-11)13-9-25-16(21-13)8-12-3-4-14-15(7-12)24-10-23-14/h2-7,9H,8,10H2,1H3. The molecule has 3 aromatic heterocycles. The molecule has 6 nitrogen and oxygen atoms in total. The molecule has 0 fully saturated rings. The second-order valence-electron chi connectivity index (χ2n) is 5.83. The molecule has 1 aliphatic rings. The monoisotopic (exact) mass is 350 g/mol. The van der Waals surface area contributed by atoms with Crippen LogP contribution in [0.5, 0.6) is 11.5 Å². The van der Waals surface area contributed by atoms with E-state index in [1.807, 2.05) is 35.7 Å². The molecule has 5 rings (SSSR count). The van der Waals surface area contributed by atoms with Crippen LogP contribution in [0.2, 0.25) is 0 Å². The van der Waals surface area contributed by atoms with Crippen molar-refractivity contribution in [1.29, 1.82) is 0 Å². The van der Waals surface area contributed by atoms with Crippen LogP contribution in [0.4, 0.5) is 0 Å². The van der Waals surface area contributed by atoms with Crippen molar-refractivity contribution in [3.05, 3.63) is 58.3 Å². The van der Waals surface area contributed by atoms with E-state index < -0.39 is 0 Å². The highest BCUT2D eigenvalue weighted by atomic mass is 32.1. The first-order chi connectivity index (χ1) is 12.3. The van der Waals surface area contributed by atoms with E-state index in [0.717, 1.165) is 45.6 Å². The zero-order chi connectivity index (χ0) is 16.8. The SMILES string of the molecule is Cc1nc2ncccn2c1-c1csc(Cc2ccc3c(c2)OCO3)n1. The van der Waals surface area contributed by atoms with Crippen LogP contribution < -0.4 is 9.47 Å². The Morgan fingerprint density at radius 1 is 1.20 bits per heavy atom. The molecule has 124 valence electrons. The molecule has 4 aromatic rings. The Morgan fingerprint density at radius 2 is 2.12 bits per heavy atom. The zero-order valence-electron chi connectivity index (χ0n) is 13.5. The van der Waals surface area contributed by atoms with E-state index in [1.165, 1.54) is 0 Å². The molecule has 0 bridgehead atoms. The van der Waals surface area contributed by atoms with E-state index in [2.05, 4.69) is 21.4 Å². The summed E-state index contributed by atoms with van der Waals surface area (Å²) in [6, 6.07) is 7.93. The van der Waals surface area contributed by atoms with Crippen LogP contribution in [0.15, 0.2) is 42.0 Å². The minimum Gasteiger partial charge on any atom is -0.454 e. The molecule has 4 heterocycles. The van der Waals surface area contributed by atoms with Gasteiger partial charge in [-0.15, -0.1) is 11.3 Å². The smallest absolute Gasteiger partial charge is 0.234 e. The number of fused-ring (bicyclic) bond motifs is 2. The Kier molecular flexibility index (Phi) is 3.21. The van der Waals surface area contributed by atoms with Crippen LogP contribution >= 0.6 is 11.3 Å². The zero-order valence-corrected chi connectivity index (χ0v) is 14.3. The number of hydrogen-bond acceptors (Lipinski definition) is 6. The van der Waals surface area contributed by atoms with Crippen molar-refractivity contribution in [1.82, 2.24) is 19.4 Å². The predicted octanol–water partition coefficient (Wildman–Crippen LogP) is 3.48. The molecule has 0 aliphatic carbocycles. The lowest BCUT2D eigenvalue weighted by Gasteiger charge is -2.01. The summed E-state index contributed by atoms with van der Waals surface area (Å²) in [5.74, 6) is 2.30. The number of aryl methyl sites for hydroxylation is 1. The summed E-state index contributed by atoms with van der Waals surface area (Å²) in [6.07, 6.45) is 4.47. The number of hydrogen-bond donors (Lipinski definition) is 0. The van der Waals surface area contributed by atoms with Gasteiger partial charge in [-0.3, -0.25) is 4.40 Å². The van der Waals surface area contributed by atoms with Gasteiger partial charge in [-0.05, 0) is 30.7 Å². The number of ether oxygens (including phenoxy) is 2. The van der Waals surface area contributed by atoms with Gasteiger partial charge in [0.2, 0.25) is 12.6 Å². The summed E-state index contributed by atoms with van der Waals surface area (Å²) in [4.78, 5) is 13.6. The van der Waals surface area contributed by atoms with Crippen LogP contribution in [0.25, 0.3) is 17.2 Å². The fraction of sp³-hybridized carbons (Fsp3) is 0.167. The highest BCUT2D eigenvalue weighted by Crippen LogP contribution is 2.34. The van der Waals surface area contributed by atoms with Gasteiger partial charge in [0.15, 0.2) is 11.5 Å². The van der Waals surface area contributed by atoms with E-state index in [9.17, 15) is 0 Å². The second-order valence-corrected chi connectivity index (χ2v) is 6.77. The van der Waals surface area contributed by atoms with Gasteiger partial charge in [-0.1, -0.05) is 6.07 Å². The van der Waals surface area contributed by atoms with E-state index in [0.29, 0.717) is 12.6 Å². The fourth-order valence-corrected chi connectivity index (χ4v) is 3.85. The number of imidazole rings is 1. The highest BCUT2D eigenvalue weighted by molar-refractivity contribution is 7.10. The maximum Gasteiger partial charge on any atom is 0.234 e.